The molecule has 0 aliphatic rings. The minimum absolute atomic E-state index is 0.0672. The molecule has 1 aromatic heterocycles. The standard InChI is InChI=1S/C12H8BrF3N2O3/c13-11(19)7-2-1-3-9(12(14,15)16)8(7)6-21-10-4-5-18(20)17-10/h1-5,20H,6H2. The second kappa shape index (κ2) is 5.76. The Morgan fingerprint density at radius 1 is 1.38 bits per heavy atom. The number of halogens is 4. The van der Waals surface area contributed by atoms with Crippen LogP contribution >= 0.6 is 15.9 Å². The lowest BCUT2D eigenvalue weighted by atomic mass is 10.0. The molecule has 0 spiro atoms. The number of alkyl halides is 3. The van der Waals surface area contributed by atoms with Crippen molar-refractivity contribution >= 4 is 20.6 Å². The molecule has 1 aromatic carbocycles. The molecular formula is C12H8BrF3N2O3. The number of carbonyl (C=O) groups is 1. The Balaban J connectivity index is 2.37. The third-order valence-electron chi connectivity index (χ3n) is 2.61. The average Bonchev–Trinajstić information content (AvgIpc) is 2.80. The number of nitrogens with zero attached hydrogens (tertiary/aromatic N) is 2. The molecule has 0 unspecified atom stereocenters. The molecule has 0 fully saturated rings. The van der Waals surface area contributed by atoms with E-state index in [9.17, 15) is 18.0 Å². The van der Waals surface area contributed by atoms with Gasteiger partial charge >= 0.3 is 6.18 Å². The van der Waals surface area contributed by atoms with Crippen molar-refractivity contribution in [2.45, 2.75) is 12.8 Å². The van der Waals surface area contributed by atoms with E-state index in [1.807, 2.05) is 0 Å². The topological polar surface area (TPSA) is 64.3 Å². The van der Waals surface area contributed by atoms with Gasteiger partial charge in [-0.1, -0.05) is 17.2 Å². The number of benzene rings is 1. The van der Waals surface area contributed by atoms with E-state index in [1.54, 1.807) is 0 Å². The summed E-state index contributed by atoms with van der Waals surface area (Å²) < 4.78 is 43.3. The van der Waals surface area contributed by atoms with E-state index in [-0.39, 0.29) is 17.0 Å². The monoisotopic (exact) mass is 364 g/mol. The van der Waals surface area contributed by atoms with Gasteiger partial charge in [0, 0.05) is 17.2 Å². The lowest BCUT2D eigenvalue weighted by Gasteiger charge is -2.15. The maximum Gasteiger partial charge on any atom is 0.416 e. The van der Waals surface area contributed by atoms with Crippen molar-refractivity contribution in [3.8, 4) is 5.88 Å². The number of ether oxygens (including phenoxy) is 1. The van der Waals surface area contributed by atoms with E-state index >= 15 is 0 Å². The molecule has 9 heteroatoms. The highest BCUT2D eigenvalue weighted by Crippen LogP contribution is 2.34. The second-order valence-electron chi connectivity index (χ2n) is 3.97. The Kier molecular flexibility index (Phi) is 4.21. The summed E-state index contributed by atoms with van der Waals surface area (Å²) in [5.74, 6) is -0.0672. The normalized spacial score (nSPS) is 11.4. The molecule has 1 heterocycles. The van der Waals surface area contributed by atoms with E-state index in [4.69, 9.17) is 9.94 Å². The summed E-state index contributed by atoms with van der Waals surface area (Å²) >= 11 is 2.64. The van der Waals surface area contributed by atoms with E-state index < -0.39 is 23.0 Å². The molecule has 2 rings (SSSR count). The molecule has 112 valence electrons. The van der Waals surface area contributed by atoms with E-state index in [0.717, 1.165) is 18.3 Å². The van der Waals surface area contributed by atoms with Crippen LogP contribution in [0, 0.1) is 0 Å². The van der Waals surface area contributed by atoms with Crippen molar-refractivity contribution in [3.63, 3.8) is 0 Å². The van der Waals surface area contributed by atoms with Gasteiger partial charge in [-0.25, -0.2) is 0 Å². The minimum atomic E-state index is -4.62. The van der Waals surface area contributed by atoms with Gasteiger partial charge in [0.25, 0.3) is 0 Å². The maximum atomic E-state index is 13.0. The van der Waals surface area contributed by atoms with Crippen LogP contribution in [0.5, 0.6) is 5.88 Å². The van der Waals surface area contributed by atoms with Crippen LogP contribution in [-0.4, -0.2) is 19.8 Å². The summed E-state index contributed by atoms with van der Waals surface area (Å²) in [5, 5.41) is 12.4. The van der Waals surface area contributed by atoms with Gasteiger partial charge in [-0.3, -0.25) is 4.79 Å². The van der Waals surface area contributed by atoms with Gasteiger partial charge in [0.1, 0.15) is 6.61 Å². The summed E-state index contributed by atoms with van der Waals surface area (Å²) in [4.78, 5) is 11.9. The first-order valence-electron chi connectivity index (χ1n) is 5.55. The molecule has 0 radical (unpaired) electrons. The summed E-state index contributed by atoms with van der Waals surface area (Å²) in [5.41, 5.74) is -1.41. The molecule has 5 nitrogen and oxygen atoms in total. The van der Waals surface area contributed by atoms with Crippen LogP contribution in [0.1, 0.15) is 21.5 Å². The highest BCUT2D eigenvalue weighted by molar-refractivity contribution is 9.18. The van der Waals surface area contributed by atoms with Gasteiger partial charge in [-0.2, -0.15) is 13.2 Å². The van der Waals surface area contributed by atoms with E-state index in [0.29, 0.717) is 4.85 Å². The van der Waals surface area contributed by atoms with Crippen molar-refractivity contribution in [3.05, 3.63) is 47.2 Å². The van der Waals surface area contributed by atoms with Crippen molar-refractivity contribution in [1.82, 2.24) is 9.94 Å². The third kappa shape index (κ3) is 3.54. The lowest BCUT2D eigenvalue weighted by Crippen LogP contribution is -2.14. The highest BCUT2D eigenvalue weighted by atomic mass is 79.9. The quantitative estimate of drug-likeness (QED) is 0.668. The summed E-state index contributed by atoms with van der Waals surface area (Å²) in [7, 11) is 0. The van der Waals surface area contributed by atoms with E-state index in [2.05, 4.69) is 21.0 Å². The molecule has 0 atom stereocenters. The fourth-order valence-electron chi connectivity index (χ4n) is 1.71. The average molecular weight is 365 g/mol. The molecular weight excluding hydrogens is 357 g/mol. The van der Waals surface area contributed by atoms with Gasteiger partial charge in [-0.15, -0.1) is 4.85 Å². The Labute approximate surface area is 125 Å². The van der Waals surface area contributed by atoms with Crippen LogP contribution in [0.2, 0.25) is 0 Å². The minimum Gasteiger partial charge on any atom is -0.472 e. The van der Waals surface area contributed by atoms with Crippen LogP contribution in [0.3, 0.4) is 0 Å². The SMILES string of the molecule is O=C(Br)c1cccc(C(F)(F)F)c1COc1ccn(O)n1. The summed E-state index contributed by atoms with van der Waals surface area (Å²) in [6.45, 7) is -0.515. The molecule has 0 saturated carbocycles. The van der Waals surface area contributed by atoms with Gasteiger partial charge < -0.3 is 9.94 Å². The van der Waals surface area contributed by atoms with Gasteiger partial charge in [-0.05, 0) is 22.0 Å². The number of aromatic nitrogens is 2. The molecule has 0 aliphatic carbocycles. The van der Waals surface area contributed by atoms with Crippen molar-refractivity contribution in [2.75, 3.05) is 0 Å². The zero-order valence-corrected chi connectivity index (χ0v) is 11.8. The highest BCUT2D eigenvalue weighted by Gasteiger charge is 2.35. The molecule has 0 saturated heterocycles. The summed E-state index contributed by atoms with van der Waals surface area (Å²) in [6.07, 6.45) is -3.46. The van der Waals surface area contributed by atoms with Crippen LogP contribution in [0.25, 0.3) is 0 Å². The zero-order chi connectivity index (χ0) is 15.6. The lowest BCUT2D eigenvalue weighted by molar-refractivity contribution is -0.138. The van der Waals surface area contributed by atoms with Crippen LogP contribution in [0.15, 0.2) is 30.5 Å². The third-order valence-corrected chi connectivity index (χ3v) is 3.04. The van der Waals surface area contributed by atoms with Crippen LogP contribution in [0.4, 0.5) is 13.2 Å². The van der Waals surface area contributed by atoms with Crippen molar-refractivity contribution in [1.29, 1.82) is 0 Å². The number of hydrogen-bond acceptors (Lipinski definition) is 4. The predicted octanol–water partition coefficient (Wildman–Crippen LogP) is 3.25. The molecule has 0 aliphatic heterocycles. The number of carbonyl (C=O) groups excluding carboxylic acids is 1. The molecule has 2 aromatic rings. The Morgan fingerprint density at radius 3 is 2.62 bits per heavy atom. The maximum absolute atomic E-state index is 13.0. The first-order chi connectivity index (χ1) is 9.79. The second-order valence-corrected chi connectivity index (χ2v) is 4.69. The predicted molar refractivity (Wildman–Crippen MR) is 68.4 cm³/mol. The smallest absolute Gasteiger partial charge is 0.416 e. The first-order valence-corrected chi connectivity index (χ1v) is 6.35. The Hall–Kier alpha value is -2.03. The van der Waals surface area contributed by atoms with E-state index in [1.165, 1.54) is 12.1 Å². The molecule has 21 heavy (non-hydrogen) atoms. The first kappa shape index (κ1) is 15.4. The Morgan fingerprint density at radius 2 is 2.10 bits per heavy atom. The van der Waals surface area contributed by atoms with Crippen LogP contribution < -0.4 is 4.74 Å². The molecule has 1 N–H and O–H groups in total. The molecule has 0 bridgehead atoms. The fraction of sp³-hybridized carbons (Fsp3) is 0.167. The van der Waals surface area contributed by atoms with Gasteiger partial charge in [0.05, 0.1) is 11.8 Å². The fourth-order valence-corrected chi connectivity index (χ4v) is 2.08. The van der Waals surface area contributed by atoms with Crippen molar-refractivity contribution < 1.29 is 27.9 Å². The number of rotatable bonds is 4. The van der Waals surface area contributed by atoms with Crippen molar-refractivity contribution in [2.24, 2.45) is 0 Å². The van der Waals surface area contributed by atoms with Gasteiger partial charge in [0.15, 0.2) is 0 Å². The summed E-state index contributed by atoms with van der Waals surface area (Å²) in [6, 6.07) is 4.54. The van der Waals surface area contributed by atoms with Gasteiger partial charge in [0.2, 0.25) is 10.6 Å². The zero-order valence-electron chi connectivity index (χ0n) is 10.3. The largest absolute Gasteiger partial charge is 0.472 e. The number of hydrogen-bond donors (Lipinski definition) is 1. The van der Waals surface area contributed by atoms with Crippen LogP contribution in [-0.2, 0) is 12.8 Å². The Bertz CT molecular complexity index is 670. The molecule has 0 amide bonds.